The molecular weight excluding hydrogens is 348 g/mol. The predicted octanol–water partition coefficient (Wildman–Crippen LogP) is 3.44. The number of benzene rings is 1. The zero-order chi connectivity index (χ0) is 18.7. The molecule has 2 aromatic rings. The smallest absolute Gasteiger partial charge is 0.242 e. The second-order valence-electron chi connectivity index (χ2n) is 7.02. The summed E-state index contributed by atoms with van der Waals surface area (Å²) in [4.78, 5) is 14.7. The van der Waals surface area contributed by atoms with Crippen molar-refractivity contribution in [3.63, 3.8) is 0 Å². The lowest BCUT2D eigenvalue weighted by Crippen LogP contribution is -2.41. The third kappa shape index (κ3) is 4.03. The summed E-state index contributed by atoms with van der Waals surface area (Å²) in [6.07, 6.45) is 2.74. The number of carbonyl (C=O) groups is 1. The lowest BCUT2D eigenvalue weighted by atomic mass is 10.0. The first-order valence-corrected chi connectivity index (χ1v) is 9.26. The van der Waals surface area contributed by atoms with E-state index in [2.05, 4.69) is 13.0 Å². The van der Waals surface area contributed by atoms with E-state index in [1.807, 2.05) is 29.2 Å². The normalized spacial score (nSPS) is 17.1. The van der Waals surface area contributed by atoms with E-state index in [9.17, 15) is 10.1 Å². The van der Waals surface area contributed by atoms with Crippen molar-refractivity contribution in [2.75, 3.05) is 18.8 Å². The number of amides is 1. The highest BCUT2D eigenvalue weighted by Crippen LogP contribution is 2.23. The Hall–Kier alpha value is -2.45. The molecule has 0 unspecified atom stereocenters. The minimum absolute atomic E-state index is 0.0426. The fourth-order valence-electron chi connectivity index (χ4n) is 3.53. The van der Waals surface area contributed by atoms with E-state index >= 15 is 0 Å². The lowest BCUT2D eigenvalue weighted by Gasteiger charge is -2.31. The molecule has 0 spiro atoms. The Morgan fingerprint density at radius 2 is 2.12 bits per heavy atom. The summed E-state index contributed by atoms with van der Waals surface area (Å²) in [5.41, 5.74) is 8.93. The third-order valence-corrected chi connectivity index (χ3v) is 5.20. The molecule has 1 amide bonds. The number of aromatic nitrogens is 1. The zero-order valence-corrected chi connectivity index (χ0v) is 15.7. The fraction of sp³-hybridized carbons (Fsp3) is 0.400. The van der Waals surface area contributed by atoms with Crippen LogP contribution in [0.4, 0.5) is 5.69 Å². The molecule has 2 N–H and O–H groups in total. The van der Waals surface area contributed by atoms with Crippen molar-refractivity contribution in [1.82, 2.24) is 9.47 Å². The summed E-state index contributed by atoms with van der Waals surface area (Å²) >= 11 is 5.95. The van der Waals surface area contributed by atoms with Crippen molar-refractivity contribution in [2.45, 2.75) is 32.7 Å². The van der Waals surface area contributed by atoms with Crippen LogP contribution in [0.2, 0.25) is 5.02 Å². The van der Waals surface area contributed by atoms with Crippen LogP contribution in [0.5, 0.6) is 0 Å². The van der Waals surface area contributed by atoms with E-state index in [0.717, 1.165) is 37.2 Å². The fourth-order valence-corrected chi connectivity index (χ4v) is 3.65. The SMILES string of the molecule is C[C@H]1CCCN(C(=O)Cn2c(C#N)cc(N)c2Cc2ccc(Cl)cc2)C1. The predicted molar refractivity (Wildman–Crippen MR) is 103 cm³/mol. The zero-order valence-electron chi connectivity index (χ0n) is 14.9. The van der Waals surface area contributed by atoms with E-state index in [0.29, 0.717) is 28.7 Å². The molecule has 0 saturated carbocycles. The average Bonchev–Trinajstić information content (AvgIpc) is 2.92. The molecule has 1 aromatic heterocycles. The number of likely N-dealkylation sites (tertiary alicyclic amines) is 1. The summed E-state index contributed by atoms with van der Waals surface area (Å²) in [5, 5.41) is 10.1. The van der Waals surface area contributed by atoms with Crippen LogP contribution in [-0.4, -0.2) is 28.5 Å². The Morgan fingerprint density at radius 1 is 1.38 bits per heavy atom. The molecule has 1 aliphatic heterocycles. The first kappa shape index (κ1) is 18.3. The molecule has 3 rings (SSSR count). The number of halogens is 1. The number of nitriles is 1. The van der Waals surface area contributed by atoms with Gasteiger partial charge in [-0.2, -0.15) is 5.26 Å². The van der Waals surface area contributed by atoms with Gasteiger partial charge in [0, 0.05) is 30.2 Å². The van der Waals surface area contributed by atoms with Crippen LogP contribution in [-0.2, 0) is 17.8 Å². The number of nitrogens with zero attached hydrogens (tertiary/aromatic N) is 3. The monoisotopic (exact) mass is 370 g/mol. The summed E-state index contributed by atoms with van der Waals surface area (Å²) < 4.78 is 1.76. The van der Waals surface area contributed by atoms with Gasteiger partial charge in [-0.1, -0.05) is 30.7 Å². The molecule has 1 aromatic carbocycles. The second-order valence-corrected chi connectivity index (χ2v) is 7.46. The van der Waals surface area contributed by atoms with Gasteiger partial charge >= 0.3 is 0 Å². The molecule has 0 bridgehead atoms. The van der Waals surface area contributed by atoms with E-state index in [4.69, 9.17) is 17.3 Å². The van der Waals surface area contributed by atoms with E-state index in [1.165, 1.54) is 0 Å². The van der Waals surface area contributed by atoms with Crippen molar-refractivity contribution in [2.24, 2.45) is 5.92 Å². The van der Waals surface area contributed by atoms with Crippen LogP contribution in [0.15, 0.2) is 30.3 Å². The quantitative estimate of drug-likeness (QED) is 0.895. The lowest BCUT2D eigenvalue weighted by molar-refractivity contribution is -0.133. The van der Waals surface area contributed by atoms with Gasteiger partial charge in [-0.15, -0.1) is 0 Å². The van der Waals surface area contributed by atoms with Gasteiger partial charge in [0.25, 0.3) is 0 Å². The molecule has 1 fully saturated rings. The topological polar surface area (TPSA) is 75.0 Å². The van der Waals surface area contributed by atoms with Gasteiger partial charge in [0.1, 0.15) is 18.3 Å². The van der Waals surface area contributed by atoms with Crippen molar-refractivity contribution < 1.29 is 4.79 Å². The van der Waals surface area contributed by atoms with Gasteiger partial charge in [-0.05, 0) is 42.5 Å². The highest BCUT2D eigenvalue weighted by atomic mass is 35.5. The minimum Gasteiger partial charge on any atom is -0.397 e. The van der Waals surface area contributed by atoms with E-state index < -0.39 is 0 Å². The molecule has 136 valence electrons. The molecule has 6 heteroatoms. The maximum absolute atomic E-state index is 12.8. The third-order valence-electron chi connectivity index (χ3n) is 4.94. The summed E-state index contributed by atoms with van der Waals surface area (Å²) in [5.74, 6) is 0.562. The first-order chi connectivity index (χ1) is 12.5. The number of rotatable bonds is 4. The number of carbonyl (C=O) groups excluding carboxylic acids is 1. The van der Waals surface area contributed by atoms with Crippen LogP contribution in [0.3, 0.4) is 0 Å². The van der Waals surface area contributed by atoms with Crippen molar-refractivity contribution in [3.8, 4) is 6.07 Å². The summed E-state index contributed by atoms with van der Waals surface area (Å²) in [6, 6.07) is 11.3. The van der Waals surface area contributed by atoms with Crippen LogP contribution >= 0.6 is 11.6 Å². The molecule has 2 heterocycles. The van der Waals surface area contributed by atoms with Gasteiger partial charge in [-0.25, -0.2) is 0 Å². The van der Waals surface area contributed by atoms with Crippen LogP contribution < -0.4 is 5.73 Å². The molecule has 0 radical (unpaired) electrons. The van der Waals surface area contributed by atoms with Crippen molar-refractivity contribution in [1.29, 1.82) is 5.26 Å². The van der Waals surface area contributed by atoms with Gasteiger partial charge in [0.05, 0.1) is 5.69 Å². The molecule has 1 saturated heterocycles. The Morgan fingerprint density at radius 3 is 2.77 bits per heavy atom. The van der Waals surface area contributed by atoms with Gasteiger partial charge < -0.3 is 15.2 Å². The number of anilines is 1. The molecule has 26 heavy (non-hydrogen) atoms. The van der Waals surface area contributed by atoms with Crippen molar-refractivity contribution >= 4 is 23.2 Å². The van der Waals surface area contributed by atoms with Crippen LogP contribution in [0, 0.1) is 17.2 Å². The van der Waals surface area contributed by atoms with E-state index in [1.54, 1.807) is 10.6 Å². The second kappa shape index (κ2) is 7.84. The van der Waals surface area contributed by atoms with Gasteiger partial charge in [0.2, 0.25) is 5.91 Å². The standard InChI is InChI=1S/C20H23ClN4O/c1-14-3-2-8-24(12-14)20(26)13-25-17(11-22)10-18(23)19(25)9-15-4-6-16(21)7-5-15/h4-7,10,14H,2-3,8-9,12-13,23H2,1H3/t14-/m0/s1. The number of piperidine rings is 1. The molecule has 1 atom stereocenters. The maximum Gasteiger partial charge on any atom is 0.242 e. The van der Waals surface area contributed by atoms with E-state index in [-0.39, 0.29) is 12.5 Å². The molecule has 0 aliphatic carbocycles. The Balaban J connectivity index is 1.84. The number of nitrogens with two attached hydrogens (primary N) is 1. The summed E-state index contributed by atoms with van der Waals surface area (Å²) in [6.45, 7) is 3.88. The Kier molecular flexibility index (Phi) is 5.53. The number of hydrogen-bond donors (Lipinski definition) is 1. The van der Waals surface area contributed by atoms with Gasteiger partial charge in [0.15, 0.2) is 0 Å². The molecular formula is C20H23ClN4O. The van der Waals surface area contributed by atoms with Crippen LogP contribution in [0.1, 0.15) is 36.7 Å². The minimum atomic E-state index is 0.0426. The molecule has 5 nitrogen and oxygen atoms in total. The number of nitrogen functional groups attached to an aromatic ring is 1. The molecule has 1 aliphatic rings. The highest BCUT2D eigenvalue weighted by molar-refractivity contribution is 6.30. The number of hydrogen-bond acceptors (Lipinski definition) is 3. The maximum atomic E-state index is 12.8. The first-order valence-electron chi connectivity index (χ1n) is 8.88. The largest absolute Gasteiger partial charge is 0.397 e. The summed E-state index contributed by atoms with van der Waals surface area (Å²) in [7, 11) is 0. The average molecular weight is 371 g/mol. The Bertz CT molecular complexity index is 835. The Labute approximate surface area is 159 Å². The van der Waals surface area contributed by atoms with Crippen LogP contribution in [0.25, 0.3) is 0 Å². The van der Waals surface area contributed by atoms with Crippen molar-refractivity contribution in [3.05, 3.63) is 52.3 Å². The van der Waals surface area contributed by atoms with Gasteiger partial charge in [-0.3, -0.25) is 4.79 Å². The highest BCUT2D eigenvalue weighted by Gasteiger charge is 2.23.